The van der Waals surface area contributed by atoms with Crippen molar-refractivity contribution in [1.82, 2.24) is 0 Å². The molecule has 0 aromatic rings. The van der Waals surface area contributed by atoms with Crippen LogP contribution in [-0.2, 0) is 19.1 Å². The summed E-state index contributed by atoms with van der Waals surface area (Å²) < 4.78 is 11.9. The van der Waals surface area contributed by atoms with Crippen LogP contribution < -0.4 is 17.0 Å². The minimum absolute atomic E-state index is 0. The summed E-state index contributed by atoms with van der Waals surface area (Å²) >= 11 is 0. The van der Waals surface area contributed by atoms with E-state index in [1.165, 1.54) is 116 Å². The van der Waals surface area contributed by atoms with Crippen molar-refractivity contribution in [2.24, 2.45) is 0 Å². The quantitative estimate of drug-likeness (QED) is 0.0225. The summed E-state index contributed by atoms with van der Waals surface area (Å²) in [6.07, 6.45) is 41.2. The highest BCUT2D eigenvalue weighted by Gasteiger charge is 2.24. The molecule has 0 radical (unpaired) electrons. The number of likely N-dealkylation sites (N-methyl/N-ethyl adjacent to an activating group) is 1. The molecule has 50 heavy (non-hydrogen) atoms. The number of aliphatic hydroxyl groups is 1. The molecule has 0 saturated heterocycles. The molecule has 0 amide bonds. The van der Waals surface area contributed by atoms with Crippen LogP contribution in [0.5, 0.6) is 0 Å². The van der Waals surface area contributed by atoms with Gasteiger partial charge in [0, 0.05) is 12.8 Å². The van der Waals surface area contributed by atoms with Gasteiger partial charge in [-0.2, -0.15) is 0 Å². The molecule has 0 spiro atoms. The van der Waals surface area contributed by atoms with Crippen LogP contribution in [-0.4, -0.2) is 61.6 Å². The van der Waals surface area contributed by atoms with E-state index < -0.39 is 6.29 Å². The van der Waals surface area contributed by atoms with Gasteiger partial charge in [0.2, 0.25) is 0 Å². The first-order valence-electron chi connectivity index (χ1n) is 21.0. The molecule has 0 rings (SSSR count). The Hall–Kier alpha value is -1.18. The molecule has 0 aliphatic carbocycles. The average Bonchev–Trinajstić information content (AvgIpc) is 3.07. The average molecular weight is 773 g/mol. The number of nitrogens with zero attached hydrogens (tertiary/aromatic N) is 1. The summed E-state index contributed by atoms with van der Waals surface area (Å²) in [6, 6.07) is 0. The van der Waals surface area contributed by atoms with Crippen molar-refractivity contribution in [3.8, 4) is 0 Å². The third kappa shape index (κ3) is 38.1. The Morgan fingerprint density at radius 1 is 0.520 bits per heavy atom. The maximum Gasteiger partial charge on any atom is 0.308 e. The molecule has 0 aliphatic rings. The number of unbranched alkanes of at least 4 members (excludes halogenated alkanes) is 22. The predicted octanol–water partition coefficient (Wildman–Crippen LogP) is 8.94. The molecule has 0 heterocycles. The first-order valence-corrected chi connectivity index (χ1v) is 21.0. The normalized spacial score (nSPS) is 12.4. The fourth-order valence-corrected chi connectivity index (χ4v) is 6.07. The van der Waals surface area contributed by atoms with Crippen LogP contribution in [0.15, 0.2) is 24.3 Å². The summed E-state index contributed by atoms with van der Waals surface area (Å²) in [7, 11) is 4.04. The van der Waals surface area contributed by atoms with Crippen LogP contribution in [0, 0.1) is 0 Å². The summed E-state index contributed by atoms with van der Waals surface area (Å²) in [6.45, 7) is 5.85. The number of hydrogen-bond donors (Lipinski definition) is 1. The third-order valence-electron chi connectivity index (χ3n) is 9.49. The third-order valence-corrected chi connectivity index (χ3v) is 9.49. The molecule has 0 bridgehead atoms. The highest BCUT2D eigenvalue weighted by molar-refractivity contribution is 5.71. The van der Waals surface area contributed by atoms with Crippen LogP contribution >= 0.6 is 0 Å². The number of esters is 2. The van der Waals surface area contributed by atoms with Crippen molar-refractivity contribution in [3.05, 3.63) is 24.3 Å². The van der Waals surface area contributed by atoms with Crippen molar-refractivity contribution < 1.29 is 45.6 Å². The fourth-order valence-electron chi connectivity index (χ4n) is 6.07. The van der Waals surface area contributed by atoms with Gasteiger partial charge >= 0.3 is 11.9 Å². The number of rotatable bonds is 37. The molecule has 0 atom stereocenters. The van der Waals surface area contributed by atoms with Gasteiger partial charge < -0.3 is 36.0 Å². The van der Waals surface area contributed by atoms with Gasteiger partial charge in [0.25, 0.3) is 6.29 Å². The van der Waals surface area contributed by atoms with E-state index in [9.17, 15) is 14.7 Å². The first kappa shape index (κ1) is 50.9. The molecule has 296 valence electrons. The maximum atomic E-state index is 12.7. The number of quaternary nitrogens is 1. The Labute approximate surface area is 321 Å². The molecular formula is C43H82BrNO5. The molecule has 6 nitrogen and oxygen atoms in total. The minimum atomic E-state index is -0.859. The second kappa shape index (κ2) is 39.0. The lowest BCUT2D eigenvalue weighted by Crippen LogP contribution is -3.00. The van der Waals surface area contributed by atoms with E-state index in [1.807, 2.05) is 14.1 Å². The van der Waals surface area contributed by atoms with Crippen LogP contribution in [0.3, 0.4) is 0 Å². The van der Waals surface area contributed by atoms with E-state index in [0.717, 1.165) is 51.4 Å². The van der Waals surface area contributed by atoms with Crippen LogP contribution in [0.2, 0.25) is 0 Å². The Bertz CT molecular complexity index is 746. The maximum absolute atomic E-state index is 12.7. The Balaban J connectivity index is 0. The molecule has 0 aromatic heterocycles. The molecule has 1 N–H and O–H groups in total. The van der Waals surface area contributed by atoms with Gasteiger partial charge in [0.05, 0.1) is 33.7 Å². The van der Waals surface area contributed by atoms with Crippen molar-refractivity contribution in [3.63, 3.8) is 0 Å². The molecule has 0 unspecified atom stereocenters. The number of carbonyl (C=O) groups excluding carboxylic acids is 2. The van der Waals surface area contributed by atoms with E-state index in [0.29, 0.717) is 36.8 Å². The second-order valence-electron chi connectivity index (χ2n) is 15.0. The lowest BCUT2D eigenvalue weighted by atomic mass is 10.1. The van der Waals surface area contributed by atoms with E-state index in [-0.39, 0.29) is 35.5 Å². The number of halogens is 1. The minimum Gasteiger partial charge on any atom is -1.00 e. The zero-order valence-corrected chi connectivity index (χ0v) is 35.0. The van der Waals surface area contributed by atoms with Crippen LogP contribution in [0.4, 0.5) is 0 Å². The highest BCUT2D eigenvalue weighted by atomic mass is 79.9. The Morgan fingerprint density at radius 3 is 1.18 bits per heavy atom. The number of hydrogen-bond acceptors (Lipinski definition) is 5. The van der Waals surface area contributed by atoms with E-state index in [1.54, 1.807) is 0 Å². The van der Waals surface area contributed by atoms with Crippen LogP contribution in [0.25, 0.3) is 0 Å². The largest absolute Gasteiger partial charge is 1.00 e. The number of ether oxygens (including phenoxy) is 2. The Morgan fingerprint density at radius 2 is 0.840 bits per heavy atom. The molecule has 0 saturated carbocycles. The SMILES string of the molecule is CCCCCCCCC=CCCCCCCCC(=O)OC(CC[N+](C)(C)CCO)OC(=O)CCCCCCCC=CCCCCCCCC.[Br-]. The summed E-state index contributed by atoms with van der Waals surface area (Å²) in [5.74, 6) is -0.576. The second-order valence-corrected chi connectivity index (χ2v) is 15.0. The lowest BCUT2D eigenvalue weighted by Gasteiger charge is -2.30. The standard InChI is InChI=1S/C43H82NO5.BrH/c1-5-7-9-11-13-15-17-19-21-23-25-27-29-31-33-35-41(46)48-43(37-38-44(3,4)39-40-45)49-42(47)36-34-32-30-28-26-24-22-20-18-16-14-12-10-8-6-2;/h19-22,43,45H,5-18,23-40H2,1-4H3;1H/q+1;/p-1. The number of carbonyl (C=O) groups is 2. The smallest absolute Gasteiger partial charge is 0.308 e. The topological polar surface area (TPSA) is 72.8 Å². The van der Waals surface area contributed by atoms with E-state index in [4.69, 9.17) is 9.47 Å². The lowest BCUT2D eigenvalue weighted by molar-refractivity contribution is -0.891. The van der Waals surface area contributed by atoms with E-state index in [2.05, 4.69) is 38.2 Å². The summed E-state index contributed by atoms with van der Waals surface area (Å²) in [5, 5.41) is 9.39. The highest BCUT2D eigenvalue weighted by Crippen LogP contribution is 2.15. The molecular weight excluding hydrogens is 690 g/mol. The van der Waals surface area contributed by atoms with Crippen molar-refractivity contribution in [2.45, 2.75) is 206 Å². The number of aliphatic hydroxyl groups excluding tert-OH is 1. The zero-order chi connectivity index (χ0) is 36.1. The molecule has 7 heteroatoms. The fraction of sp³-hybridized carbons (Fsp3) is 0.860. The summed E-state index contributed by atoms with van der Waals surface area (Å²) in [4.78, 5) is 25.3. The zero-order valence-electron chi connectivity index (χ0n) is 33.4. The molecule has 0 aromatic carbocycles. The first-order chi connectivity index (χ1) is 23.8. The molecule has 0 aliphatic heterocycles. The van der Waals surface area contributed by atoms with Gasteiger partial charge in [-0.1, -0.05) is 141 Å². The Kier molecular flexibility index (Phi) is 39.8. The van der Waals surface area contributed by atoms with Crippen molar-refractivity contribution >= 4 is 11.9 Å². The molecule has 0 fully saturated rings. The number of allylic oxidation sites excluding steroid dienone is 4. The van der Waals surface area contributed by atoms with Gasteiger partial charge in [0.15, 0.2) is 0 Å². The van der Waals surface area contributed by atoms with Gasteiger partial charge in [-0.15, -0.1) is 0 Å². The van der Waals surface area contributed by atoms with Crippen LogP contribution in [0.1, 0.15) is 200 Å². The van der Waals surface area contributed by atoms with Gasteiger partial charge in [-0.3, -0.25) is 9.59 Å². The predicted molar refractivity (Wildman–Crippen MR) is 208 cm³/mol. The van der Waals surface area contributed by atoms with Crippen molar-refractivity contribution in [2.75, 3.05) is 33.8 Å². The van der Waals surface area contributed by atoms with Gasteiger partial charge in [0.1, 0.15) is 6.54 Å². The van der Waals surface area contributed by atoms with Crippen molar-refractivity contribution in [1.29, 1.82) is 0 Å². The summed E-state index contributed by atoms with van der Waals surface area (Å²) in [5.41, 5.74) is 0. The monoisotopic (exact) mass is 772 g/mol. The van der Waals surface area contributed by atoms with Gasteiger partial charge in [-0.05, 0) is 64.2 Å². The van der Waals surface area contributed by atoms with Gasteiger partial charge in [-0.25, -0.2) is 0 Å². The van der Waals surface area contributed by atoms with E-state index >= 15 is 0 Å².